The Bertz CT molecular complexity index is 427. The maximum atomic E-state index is 12.2. The lowest BCUT2D eigenvalue weighted by atomic mass is 9.85. The molecule has 4 nitrogen and oxygen atoms in total. The predicted molar refractivity (Wildman–Crippen MR) is 85.9 cm³/mol. The van der Waals surface area contributed by atoms with E-state index in [1.165, 1.54) is 5.56 Å². The third kappa shape index (κ3) is 4.55. The first kappa shape index (κ1) is 16.0. The molecule has 0 saturated carbocycles. The number of carbonyl (C=O) groups is 1. The number of amides is 1. The van der Waals surface area contributed by atoms with Gasteiger partial charge in [0.2, 0.25) is 5.91 Å². The van der Waals surface area contributed by atoms with Gasteiger partial charge in [0.25, 0.3) is 0 Å². The van der Waals surface area contributed by atoms with E-state index < -0.39 is 0 Å². The second-order valence-corrected chi connectivity index (χ2v) is 5.85. The van der Waals surface area contributed by atoms with Gasteiger partial charge in [-0.05, 0) is 44.3 Å². The van der Waals surface area contributed by atoms with E-state index in [0.717, 1.165) is 51.7 Å². The van der Waals surface area contributed by atoms with Crippen LogP contribution in [-0.4, -0.2) is 25.5 Å². The van der Waals surface area contributed by atoms with E-state index in [4.69, 9.17) is 5.73 Å². The minimum Gasteiger partial charge on any atom is -0.356 e. The third-order valence-corrected chi connectivity index (χ3v) is 4.24. The molecule has 4 N–H and O–H groups in total. The fraction of sp³-hybridized carbons (Fsp3) is 0.588. The van der Waals surface area contributed by atoms with Crippen molar-refractivity contribution in [1.82, 2.24) is 10.6 Å². The summed E-state index contributed by atoms with van der Waals surface area (Å²) in [4.78, 5) is 12.2. The van der Waals surface area contributed by atoms with Crippen LogP contribution in [0.25, 0.3) is 0 Å². The smallest absolute Gasteiger partial charge is 0.222 e. The fourth-order valence-electron chi connectivity index (χ4n) is 3.07. The first-order valence-electron chi connectivity index (χ1n) is 8.04. The average molecular weight is 289 g/mol. The van der Waals surface area contributed by atoms with Gasteiger partial charge in [-0.25, -0.2) is 0 Å². The maximum Gasteiger partial charge on any atom is 0.222 e. The largest absolute Gasteiger partial charge is 0.356 e. The minimum absolute atomic E-state index is 0.140. The Kier molecular flexibility index (Phi) is 6.21. The van der Waals surface area contributed by atoms with Gasteiger partial charge in [0.05, 0.1) is 5.54 Å². The molecular weight excluding hydrogens is 262 g/mol. The molecule has 2 rings (SSSR count). The predicted octanol–water partition coefficient (Wildman–Crippen LogP) is 1.90. The van der Waals surface area contributed by atoms with Crippen molar-refractivity contribution in [2.75, 3.05) is 19.6 Å². The Morgan fingerprint density at radius 2 is 2.05 bits per heavy atom. The molecule has 4 heteroatoms. The zero-order valence-corrected chi connectivity index (χ0v) is 12.7. The van der Waals surface area contributed by atoms with Crippen LogP contribution in [0.2, 0.25) is 0 Å². The summed E-state index contributed by atoms with van der Waals surface area (Å²) in [5, 5.41) is 6.59. The number of nitrogens with two attached hydrogens (primary N) is 1. The van der Waals surface area contributed by atoms with Crippen LogP contribution < -0.4 is 16.4 Å². The molecule has 1 aromatic carbocycles. The van der Waals surface area contributed by atoms with Crippen LogP contribution in [0.15, 0.2) is 30.3 Å². The lowest BCUT2D eigenvalue weighted by Gasteiger charge is -2.29. The molecule has 116 valence electrons. The highest BCUT2D eigenvalue weighted by Gasteiger charge is 2.36. The van der Waals surface area contributed by atoms with Gasteiger partial charge in [-0.3, -0.25) is 4.79 Å². The summed E-state index contributed by atoms with van der Waals surface area (Å²) in [5.74, 6) is 0.140. The summed E-state index contributed by atoms with van der Waals surface area (Å²) in [5.41, 5.74) is 6.51. The van der Waals surface area contributed by atoms with Crippen LogP contribution in [0.1, 0.15) is 44.1 Å². The summed E-state index contributed by atoms with van der Waals surface area (Å²) in [6, 6.07) is 10.3. The lowest BCUT2D eigenvalue weighted by Crippen LogP contribution is -2.42. The Labute approximate surface area is 127 Å². The fourth-order valence-corrected chi connectivity index (χ4v) is 3.07. The van der Waals surface area contributed by atoms with Crippen LogP contribution >= 0.6 is 0 Å². The van der Waals surface area contributed by atoms with Gasteiger partial charge in [0.15, 0.2) is 0 Å². The monoisotopic (exact) mass is 289 g/mol. The van der Waals surface area contributed by atoms with Gasteiger partial charge in [0, 0.05) is 13.0 Å². The molecule has 0 bridgehead atoms. The standard InChI is InChI=1S/C17H27N3O/c18-11-5-2-6-12-19-16(21)14-17(10-7-13-20-17)15-8-3-1-4-9-15/h1,3-4,8-9,20H,2,5-7,10-14,18H2,(H,19,21). The van der Waals surface area contributed by atoms with Gasteiger partial charge < -0.3 is 16.4 Å². The molecule has 21 heavy (non-hydrogen) atoms. The highest BCUT2D eigenvalue weighted by molar-refractivity contribution is 5.77. The average Bonchev–Trinajstić information content (AvgIpc) is 2.98. The Balaban J connectivity index is 1.87. The molecule has 1 atom stereocenters. The van der Waals surface area contributed by atoms with Crippen LogP contribution in [0.4, 0.5) is 0 Å². The zero-order chi connectivity index (χ0) is 15.0. The quantitative estimate of drug-likeness (QED) is 0.640. The molecule has 1 heterocycles. The van der Waals surface area contributed by atoms with Crippen molar-refractivity contribution in [3.63, 3.8) is 0 Å². The molecule has 0 aliphatic carbocycles. The zero-order valence-electron chi connectivity index (χ0n) is 12.7. The van der Waals surface area contributed by atoms with Crippen molar-refractivity contribution in [2.45, 2.75) is 44.1 Å². The number of benzene rings is 1. The highest BCUT2D eigenvalue weighted by Crippen LogP contribution is 2.33. The van der Waals surface area contributed by atoms with Crippen molar-refractivity contribution in [1.29, 1.82) is 0 Å². The van der Waals surface area contributed by atoms with Crippen molar-refractivity contribution in [3.8, 4) is 0 Å². The number of nitrogens with one attached hydrogen (secondary N) is 2. The van der Waals surface area contributed by atoms with Gasteiger partial charge >= 0.3 is 0 Å². The van der Waals surface area contributed by atoms with Crippen molar-refractivity contribution in [3.05, 3.63) is 35.9 Å². The van der Waals surface area contributed by atoms with Gasteiger partial charge in [-0.2, -0.15) is 0 Å². The van der Waals surface area contributed by atoms with E-state index in [1.54, 1.807) is 0 Å². The summed E-state index contributed by atoms with van der Waals surface area (Å²) in [7, 11) is 0. The molecule has 1 fully saturated rings. The normalized spacial score (nSPS) is 21.4. The number of carbonyl (C=O) groups excluding carboxylic acids is 1. The van der Waals surface area contributed by atoms with Gasteiger partial charge in [-0.15, -0.1) is 0 Å². The number of rotatable bonds is 8. The molecule has 1 aromatic rings. The third-order valence-electron chi connectivity index (χ3n) is 4.24. The molecule has 1 saturated heterocycles. The van der Waals surface area contributed by atoms with Crippen molar-refractivity contribution >= 4 is 5.91 Å². The Morgan fingerprint density at radius 3 is 2.71 bits per heavy atom. The first-order chi connectivity index (χ1) is 10.3. The summed E-state index contributed by atoms with van der Waals surface area (Å²) < 4.78 is 0. The summed E-state index contributed by atoms with van der Waals surface area (Å²) in [6.45, 7) is 2.47. The van der Waals surface area contributed by atoms with E-state index in [-0.39, 0.29) is 11.4 Å². The molecule has 0 spiro atoms. The molecule has 1 unspecified atom stereocenters. The van der Waals surface area contributed by atoms with Gasteiger partial charge in [-0.1, -0.05) is 36.8 Å². The molecule has 1 amide bonds. The van der Waals surface area contributed by atoms with E-state index in [0.29, 0.717) is 6.42 Å². The molecule has 1 aliphatic rings. The van der Waals surface area contributed by atoms with Crippen LogP contribution in [0.3, 0.4) is 0 Å². The van der Waals surface area contributed by atoms with E-state index in [9.17, 15) is 4.79 Å². The van der Waals surface area contributed by atoms with E-state index in [2.05, 4.69) is 22.8 Å². The second kappa shape index (κ2) is 8.15. The highest BCUT2D eigenvalue weighted by atomic mass is 16.1. The summed E-state index contributed by atoms with van der Waals surface area (Å²) >= 11 is 0. The first-order valence-corrected chi connectivity index (χ1v) is 8.04. The molecular formula is C17H27N3O. The number of hydrogen-bond acceptors (Lipinski definition) is 3. The number of unbranched alkanes of at least 4 members (excludes halogenated alkanes) is 2. The van der Waals surface area contributed by atoms with Crippen molar-refractivity contribution < 1.29 is 4.79 Å². The van der Waals surface area contributed by atoms with Crippen LogP contribution in [0, 0.1) is 0 Å². The number of hydrogen-bond donors (Lipinski definition) is 3. The SMILES string of the molecule is NCCCCCNC(=O)CC1(c2ccccc2)CCCN1. The lowest BCUT2D eigenvalue weighted by molar-refractivity contribution is -0.122. The van der Waals surface area contributed by atoms with Crippen LogP contribution in [-0.2, 0) is 10.3 Å². The summed E-state index contributed by atoms with van der Waals surface area (Å²) in [6.07, 6.45) is 5.79. The van der Waals surface area contributed by atoms with Crippen molar-refractivity contribution in [2.24, 2.45) is 5.73 Å². The Hall–Kier alpha value is -1.39. The molecule has 0 aromatic heterocycles. The second-order valence-electron chi connectivity index (χ2n) is 5.85. The molecule has 0 radical (unpaired) electrons. The van der Waals surface area contributed by atoms with Gasteiger partial charge in [0.1, 0.15) is 0 Å². The molecule has 1 aliphatic heterocycles. The van der Waals surface area contributed by atoms with E-state index in [1.807, 2.05) is 18.2 Å². The minimum atomic E-state index is -0.178. The maximum absolute atomic E-state index is 12.2. The van der Waals surface area contributed by atoms with Crippen LogP contribution in [0.5, 0.6) is 0 Å². The van der Waals surface area contributed by atoms with E-state index >= 15 is 0 Å². The Morgan fingerprint density at radius 1 is 1.24 bits per heavy atom. The topological polar surface area (TPSA) is 67.1 Å².